The molecule has 2 N–H and O–H groups in total. The summed E-state index contributed by atoms with van der Waals surface area (Å²) in [5, 5.41) is 3.25. The Morgan fingerprint density at radius 2 is 1.85 bits per heavy atom. The molecule has 140 valence electrons. The van der Waals surface area contributed by atoms with Crippen LogP contribution in [0, 0.1) is 13.8 Å². The van der Waals surface area contributed by atoms with Crippen LogP contribution in [0.5, 0.6) is 5.75 Å². The van der Waals surface area contributed by atoms with Crippen LogP contribution < -0.4 is 14.8 Å². The number of rotatable bonds is 6. The third-order valence-electron chi connectivity index (χ3n) is 3.78. The number of anilines is 1. The number of ether oxygens (including phenoxy) is 1. The van der Waals surface area contributed by atoms with Gasteiger partial charge in [0.25, 0.3) is 0 Å². The number of amides is 1. The Balaban J connectivity index is 2.18. The summed E-state index contributed by atoms with van der Waals surface area (Å²) in [4.78, 5) is 12.4. The van der Waals surface area contributed by atoms with Crippen LogP contribution in [-0.2, 0) is 14.8 Å². The second kappa shape index (κ2) is 8.07. The fraction of sp³-hybridized carbons (Fsp3) is 0.278. The van der Waals surface area contributed by atoms with E-state index in [1.54, 1.807) is 44.2 Å². The SMILES string of the molecule is COc1ccc(C)cc1S(=O)(=O)NC(C)C(=O)Nc1ccc(Cl)cc1C. The lowest BCUT2D eigenvalue weighted by Crippen LogP contribution is -2.41. The van der Waals surface area contributed by atoms with Crippen LogP contribution >= 0.6 is 11.6 Å². The molecule has 0 aromatic heterocycles. The van der Waals surface area contributed by atoms with Crippen molar-refractivity contribution in [1.29, 1.82) is 0 Å². The molecule has 2 aromatic rings. The van der Waals surface area contributed by atoms with E-state index in [-0.39, 0.29) is 10.6 Å². The number of carbonyl (C=O) groups excluding carboxylic acids is 1. The normalized spacial score (nSPS) is 12.5. The van der Waals surface area contributed by atoms with E-state index in [2.05, 4.69) is 10.0 Å². The molecule has 0 heterocycles. The first-order valence-electron chi connectivity index (χ1n) is 7.88. The largest absolute Gasteiger partial charge is 0.495 e. The van der Waals surface area contributed by atoms with E-state index >= 15 is 0 Å². The van der Waals surface area contributed by atoms with E-state index in [1.807, 2.05) is 0 Å². The first-order valence-corrected chi connectivity index (χ1v) is 9.74. The fourth-order valence-electron chi connectivity index (χ4n) is 2.35. The van der Waals surface area contributed by atoms with Gasteiger partial charge in [0.05, 0.1) is 13.2 Å². The van der Waals surface area contributed by atoms with Crippen molar-refractivity contribution in [3.8, 4) is 5.75 Å². The van der Waals surface area contributed by atoms with Gasteiger partial charge in [-0.3, -0.25) is 4.79 Å². The van der Waals surface area contributed by atoms with Gasteiger partial charge in [0.1, 0.15) is 10.6 Å². The molecular formula is C18H21ClN2O4S. The topological polar surface area (TPSA) is 84.5 Å². The van der Waals surface area contributed by atoms with E-state index in [9.17, 15) is 13.2 Å². The predicted molar refractivity (Wildman–Crippen MR) is 102 cm³/mol. The van der Waals surface area contributed by atoms with E-state index in [0.29, 0.717) is 10.7 Å². The molecule has 0 saturated heterocycles. The van der Waals surface area contributed by atoms with Crippen LogP contribution in [0.2, 0.25) is 5.02 Å². The molecule has 0 aliphatic heterocycles. The number of carbonyl (C=O) groups is 1. The summed E-state index contributed by atoms with van der Waals surface area (Å²) in [5.74, 6) is -0.269. The Morgan fingerprint density at radius 1 is 1.15 bits per heavy atom. The van der Waals surface area contributed by atoms with Gasteiger partial charge in [0.15, 0.2) is 0 Å². The van der Waals surface area contributed by atoms with Gasteiger partial charge < -0.3 is 10.1 Å². The van der Waals surface area contributed by atoms with Gasteiger partial charge in [-0.25, -0.2) is 8.42 Å². The van der Waals surface area contributed by atoms with Crippen molar-refractivity contribution in [3.05, 3.63) is 52.5 Å². The Kier molecular flexibility index (Phi) is 6.28. The van der Waals surface area contributed by atoms with E-state index in [0.717, 1.165) is 11.1 Å². The third kappa shape index (κ3) is 4.75. The number of benzene rings is 2. The molecule has 0 spiro atoms. The van der Waals surface area contributed by atoms with Crippen molar-refractivity contribution in [2.45, 2.75) is 31.7 Å². The molecule has 0 radical (unpaired) electrons. The molecule has 0 bridgehead atoms. The molecule has 1 amide bonds. The van der Waals surface area contributed by atoms with Crippen LogP contribution in [0.25, 0.3) is 0 Å². The lowest BCUT2D eigenvalue weighted by molar-refractivity contribution is -0.117. The minimum absolute atomic E-state index is 0.0117. The highest BCUT2D eigenvalue weighted by Crippen LogP contribution is 2.25. The fourth-order valence-corrected chi connectivity index (χ4v) is 4.04. The van der Waals surface area contributed by atoms with Gasteiger partial charge in [-0.05, 0) is 62.2 Å². The van der Waals surface area contributed by atoms with Crippen molar-refractivity contribution >= 4 is 33.2 Å². The summed E-state index contributed by atoms with van der Waals surface area (Å²) in [6, 6.07) is 8.86. The number of sulfonamides is 1. The van der Waals surface area contributed by atoms with Crippen LogP contribution in [0.4, 0.5) is 5.69 Å². The maximum Gasteiger partial charge on any atom is 0.244 e. The highest BCUT2D eigenvalue weighted by Gasteiger charge is 2.25. The summed E-state index contributed by atoms with van der Waals surface area (Å²) in [5.41, 5.74) is 2.11. The number of aryl methyl sites for hydroxylation is 2. The Bertz CT molecular complexity index is 929. The highest BCUT2D eigenvalue weighted by molar-refractivity contribution is 7.89. The number of nitrogens with one attached hydrogen (secondary N) is 2. The summed E-state index contributed by atoms with van der Waals surface area (Å²) in [7, 11) is -2.54. The van der Waals surface area contributed by atoms with Gasteiger partial charge >= 0.3 is 0 Å². The molecule has 8 heteroatoms. The molecule has 6 nitrogen and oxygen atoms in total. The maximum atomic E-state index is 12.7. The molecule has 1 unspecified atom stereocenters. The molecule has 1 atom stereocenters. The molecular weight excluding hydrogens is 376 g/mol. The highest BCUT2D eigenvalue weighted by atomic mass is 35.5. The summed E-state index contributed by atoms with van der Waals surface area (Å²) < 4.78 is 32.8. The summed E-state index contributed by atoms with van der Waals surface area (Å²) in [6.45, 7) is 5.05. The van der Waals surface area contributed by atoms with Gasteiger partial charge in [-0.1, -0.05) is 17.7 Å². The van der Waals surface area contributed by atoms with Crippen LogP contribution in [0.15, 0.2) is 41.3 Å². The first kappa shape index (κ1) is 20.2. The molecule has 2 aromatic carbocycles. The van der Waals surface area contributed by atoms with Crippen molar-refractivity contribution in [3.63, 3.8) is 0 Å². The second-order valence-corrected chi connectivity index (χ2v) is 8.06. The van der Waals surface area contributed by atoms with E-state index < -0.39 is 22.0 Å². The van der Waals surface area contributed by atoms with Crippen molar-refractivity contribution in [2.24, 2.45) is 0 Å². The van der Waals surface area contributed by atoms with Gasteiger partial charge in [0, 0.05) is 10.7 Å². The smallest absolute Gasteiger partial charge is 0.244 e. The van der Waals surface area contributed by atoms with Crippen molar-refractivity contribution in [2.75, 3.05) is 12.4 Å². The Hall–Kier alpha value is -2.09. The monoisotopic (exact) mass is 396 g/mol. The minimum atomic E-state index is -3.94. The number of halogens is 1. The molecule has 0 aliphatic rings. The van der Waals surface area contributed by atoms with E-state index in [4.69, 9.17) is 16.3 Å². The second-order valence-electron chi connectivity index (χ2n) is 5.95. The maximum absolute atomic E-state index is 12.7. The lowest BCUT2D eigenvalue weighted by atomic mass is 10.2. The molecule has 26 heavy (non-hydrogen) atoms. The van der Waals surface area contributed by atoms with Crippen molar-refractivity contribution < 1.29 is 17.9 Å². The van der Waals surface area contributed by atoms with Crippen LogP contribution in [-0.4, -0.2) is 27.5 Å². The zero-order chi connectivity index (χ0) is 19.5. The van der Waals surface area contributed by atoms with Crippen LogP contribution in [0.3, 0.4) is 0 Å². The predicted octanol–water partition coefficient (Wildman–Crippen LogP) is 3.27. The minimum Gasteiger partial charge on any atom is -0.495 e. The summed E-state index contributed by atoms with van der Waals surface area (Å²) in [6.07, 6.45) is 0. The zero-order valence-corrected chi connectivity index (χ0v) is 16.5. The van der Waals surface area contributed by atoms with Crippen LogP contribution in [0.1, 0.15) is 18.1 Å². The Labute approximate surface area is 158 Å². The average Bonchev–Trinajstić information content (AvgIpc) is 2.56. The zero-order valence-electron chi connectivity index (χ0n) is 15.0. The van der Waals surface area contributed by atoms with E-state index in [1.165, 1.54) is 20.1 Å². The molecule has 0 fully saturated rings. The van der Waals surface area contributed by atoms with Crippen molar-refractivity contribution in [1.82, 2.24) is 4.72 Å². The van der Waals surface area contributed by atoms with Gasteiger partial charge in [-0.15, -0.1) is 0 Å². The Morgan fingerprint density at radius 3 is 2.46 bits per heavy atom. The number of hydrogen-bond acceptors (Lipinski definition) is 4. The standard InChI is InChI=1S/C18H21ClN2O4S/c1-11-5-8-16(25-4)17(9-11)26(23,24)21-13(3)18(22)20-15-7-6-14(19)10-12(15)2/h5-10,13,21H,1-4H3,(H,20,22). The average molecular weight is 397 g/mol. The first-order chi connectivity index (χ1) is 12.1. The molecule has 2 rings (SSSR count). The molecule has 0 aliphatic carbocycles. The number of hydrogen-bond donors (Lipinski definition) is 2. The number of methoxy groups -OCH3 is 1. The summed E-state index contributed by atoms with van der Waals surface area (Å²) >= 11 is 5.90. The lowest BCUT2D eigenvalue weighted by Gasteiger charge is -2.17. The molecule has 0 saturated carbocycles. The third-order valence-corrected chi connectivity index (χ3v) is 5.58. The quantitative estimate of drug-likeness (QED) is 0.784. The van der Waals surface area contributed by atoms with Gasteiger partial charge in [0.2, 0.25) is 15.9 Å². The van der Waals surface area contributed by atoms with Gasteiger partial charge in [-0.2, -0.15) is 4.72 Å².